The molecule has 0 aromatic carbocycles. The number of aliphatic hydroxyl groups excluding tert-OH is 1. The predicted molar refractivity (Wildman–Crippen MR) is 35.4 cm³/mol. The third-order valence-corrected chi connectivity index (χ3v) is 2.76. The summed E-state index contributed by atoms with van der Waals surface area (Å²) in [5.41, 5.74) is 0. The van der Waals surface area contributed by atoms with E-state index in [2.05, 4.69) is 5.32 Å². The first-order valence-corrected chi connectivity index (χ1v) is 3.88. The number of aliphatic hydroxyl groups is 1. The Balaban J connectivity index is 2.17. The fourth-order valence-corrected chi connectivity index (χ4v) is 2.13. The van der Waals surface area contributed by atoms with Crippen molar-refractivity contribution in [2.24, 2.45) is 11.8 Å². The largest absolute Gasteiger partial charge is 0.387 e. The fraction of sp³-hybridized carbons (Fsp3) is 1.00. The highest BCUT2D eigenvalue weighted by atomic mass is 19.3. The summed E-state index contributed by atoms with van der Waals surface area (Å²) in [6.07, 6.45) is -1.56. The molecular formula is C7H11F2NO. The molecule has 1 aliphatic heterocycles. The van der Waals surface area contributed by atoms with Gasteiger partial charge in [0.2, 0.25) is 0 Å². The number of nitrogens with one attached hydrogen (secondary N) is 1. The maximum atomic E-state index is 12.8. The average molecular weight is 163 g/mol. The Labute approximate surface area is 63.6 Å². The molecule has 2 fully saturated rings. The van der Waals surface area contributed by atoms with E-state index in [9.17, 15) is 8.78 Å². The van der Waals surface area contributed by atoms with Crippen molar-refractivity contribution in [1.29, 1.82) is 0 Å². The van der Waals surface area contributed by atoms with Crippen LogP contribution in [-0.4, -0.2) is 30.2 Å². The summed E-state index contributed by atoms with van der Waals surface area (Å²) in [6, 6.07) is 0. The number of halogens is 2. The van der Waals surface area contributed by atoms with Gasteiger partial charge in [-0.15, -0.1) is 0 Å². The zero-order chi connectivity index (χ0) is 8.06. The van der Waals surface area contributed by atoms with Crippen molar-refractivity contribution in [2.45, 2.75) is 18.4 Å². The Kier molecular flexibility index (Phi) is 1.44. The van der Waals surface area contributed by atoms with Gasteiger partial charge < -0.3 is 10.4 Å². The fourth-order valence-electron chi connectivity index (χ4n) is 2.13. The van der Waals surface area contributed by atoms with Crippen LogP contribution in [0.15, 0.2) is 0 Å². The molecule has 0 bridgehead atoms. The second-order valence-electron chi connectivity index (χ2n) is 3.49. The van der Waals surface area contributed by atoms with Crippen molar-refractivity contribution in [3.63, 3.8) is 0 Å². The molecule has 1 saturated carbocycles. The molecule has 1 aliphatic carbocycles. The van der Waals surface area contributed by atoms with Gasteiger partial charge in [-0.2, -0.15) is 0 Å². The van der Waals surface area contributed by atoms with E-state index in [4.69, 9.17) is 5.11 Å². The summed E-state index contributed by atoms with van der Waals surface area (Å²) in [6.45, 7) is 1.18. The second kappa shape index (κ2) is 2.14. The maximum absolute atomic E-state index is 12.8. The number of hydrogen-bond donors (Lipinski definition) is 2. The van der Waals surface area contributed by atoms with Crippen LogP contribution < -0.4 is 5.32 Å². The molecular weight excluding hydrogens is 152 g/mol. The van der Waals surface area contributed by atoms with Crippen LogP contribution in [0.1, 0.15) is 6.42 Å². The van der Waals surface area contributed by atoms with Crippen molar-refractivity contribution < 1.29 is 13.9 Å². The van der Waals surface area contributed by atoms with E-state index in [0.717, 1.165) is 0 Å². The SMILES string of the molecule is O[C@@H]1[C@@H]2CNC[C@@H]2CC1(F)F. The summed E-state index contributed by atoms with van der Waals surface area (Å²) >= 11 is 0. The molecule has 11 heavy (non-hydrogen) atoms. The normalized spacial score (nSPS) is 47.7. The molecule has 2 aliphatic rings. The van der Waals surface area contributed by atoms with Crippen LogP contribution >= 0.6 is 0 Å². The van der Waals surface area contributed by atoms with Crippen LogP contribution in [0.3, 0.4) is 0 Å². The molecule has 2 rings (SSSR count). The van der Waals surface area contributed by atoms with Gasteiger partial charge in [0.15, 0.2) is 0 Å². The van der Waals surface area contributed by atoms with Gasteiger partial charge in [-0.3, -0.25) is 0 Å². The van der Waals surface area contributed by atoms with Gasteiger partial charge >= 0.3 is 0 Å². The lowest BCUT2D eigenvalue weighted by atomic mass is 9.99. The molecule has 1 saturated heterocycles. The topological polar surface area (TPSA) is 32.3 Å². The van der Waals surface area contributed by atoms with Crippen LogP contribution in [-0.2, 0) is 0 Å². The zero-order valence-corrected chi connectivity index (χ0v) is 6.06. The van der Waals surface area contributed by atoms with Gasteiger partial charge in [0.25, 0.3) is 5.92 Å². The van der Waals surface area contributed by atoms with Crippen LogP contribution in [0.2, 0.25) is 0 Å². The lowest BCUT2D eigenvalue weighted by molar-refractivity contribution is -0.0978. The summed E-state index contributed by atoms with van der Waals surface area (Å²) in [5.74, 6) is -3.07. The summed E-state index contributed by atoms with van der Waals surface area (Å²) in [7, 11) is 0. The highest BCUT2D eigenvalue weighted by Crippen LogP contribution is 2.44. The standard InChI is InChI=1S/C7H11F2NO/c8-7(9)1-4-2-10-3-5(4)6(7)11/h4-6,10-11H,1-3H2/t4-,5+,6+/m0/s1. The molecule has 1 heterocycles. The minimum atomic E-state index is -2.84. The van der Waals surface area contributed by atoms with E-state index in [1.54, 1.807) is 0 Å². The van der Waals surface area contributed by atoms with E-state index >= 15 is 0 Å². The minimum absolute atomic E-state index is 0.0139. The Morgan fingerprint density at radius 3 is 2.73 bits per heavy atom. The van der Waals surface area contributed by atoms with Crippen LogP contribution in [0.4, 0.5) is 8.78 Å². The third kappa shape index (κ3) is 0.964. The molecule has 4 heteroatoms. The molecule has 64 valence electrons. The van der Waals surface area contributed by atoms with Crippen molar-refractivity contribution in [1.82, 2.24) is 5.32 Å². The number of hydrogen-bond acceptors (Lipinski definition) is 2. The van der Waals surface area contributed by atoms with Crippen molar-refractivity contribution in [2.75, 3.05) is 13.1 Å². The highest BCUT2D eigenvalue weighted by Gasteiger charge is 2.55. The monoisotopic (exact) mass is 163 g/mol. The smallest absolute Gasteiger partial charge is 0.274 e. The highest BCUT2D eigenvalue weighted by molar-refractivity contribution is 5.00. The first-order chi connectivity index (χ1) is 5.11. The van der Waals surface area contributed by atoms with E-state index in [1.165, 1.54) is 0 Å². The first kappa shape index (κ1) is 7.43. The van der Waals surface area contributed by atoms with E-state index in [0.29, 0.717) is 13.1 Å². The number of fused-ring (bicyclic) bond motifs is 1. The lowest BCUT2D eigenvalue weighted by Gasteiger charge is -2.16. The summed E-state index contributed by atoms with van der Waals surface area (Å²) in [4.78, 5) is 0. The van der Waals surface area contributed by atoms with Crippen molar-refractivity contribution >= 4 is 0 Å². The van der Waals surface area contributed by atoms with Crippen LogP contribution in [0.5, 0.6) is 0 Å². The van der Waals surface area contributed by atoms with E-state index in [1.807, 2.05) is 0 Å². The molecule has 3 atom stereocenters. The molecule has 0 unspecified atom stereocenters. The summed E-state index contributed by atoms with van der Waals surface area (Å²) < 4.78 is 25.6. The van der Waals surface area contributed by atoms with Gasteiger partial charge in [-0.1, -0.05) is 0 Å². The maximum Gasteiger partial charge on any atom is 0.274 e. The molecule has 0 spiro atoms. The Bertz CT molecular complexity index is 174. The minimum Gasteiger partial charge on any atom is -0.387 e. The van der Waals surface area contributed by atoms with E-state index < -0.39 is 12.0 Å². The Hall–Kier alpha value is -0.220. The number of alkyl halides is 2. The van der Waals surface area contributed by atoms with Gasteiger partial charge in [0, 0.05) is 18.9 Å². The second-order valence-corrected chi connectivity index (χ2v) is 3.49. The quantitative estimate of drug-likeness (QED) is 0.535. The Morgan fingerprint density at radius 2 is 2.09 bits per heavy atom. The van der Waals surface area contributed by atoms with Gasteiger partial charge in [0.1, 0.15) is 6.10 Å². The van der Waals surface area contributed by atoms with Gasteiger partial charge in [-0.25, -0.2) is 8.78 Å². The average Bonchev–Trinajstić information content (AvgIpc) is 2.39. The first-order valence-electron chi connectivity index (χ1n) is 3.88. The molecule has 2 nitrogen and oxygen atoms in total. The molecule has 0 amide bonds. The van der Waals surface area contributed by atoms with Crippen LogP contribution in [0.25, 0.3) is 0 Å². The van der Waals surface area contributed by atoms with Crippen molar-refractivity contribution in [3.05, 3.63) is 0 Å². The number of rotatable bonds is 0. The Morgan fingerprint density at radius 1 is 1.36 bits per heavy atom. The molecule has 0 aromatic rings. The summed E-state index contributed by atoms with van der Waals surface area (Å²) in [5, 5.41) is 12.1. The third-order valence-electron chi connectivity index (χ3n) is 2.76. The van der Waals surface area contributed by atoms with Crippen LogP contribution in [0, 0.1) is 11.8 Å². The van der Waals surface area contributed by atoms with Crippen molar-refractivity contribution in [3.8, 4) is 0 Å². The van der Waals surface area contributed by atoms with E-state index in [-0.39, 0.29) is 18.3 Å². The molecule has 0 radical (unpaired) electrons. The predicted octanol–water partition coefficient (Wildman–Crippen LogP) is 0.222. The molecule has 0 aromatic heterocycles. The molecule has 2 N–H and O–H groups in total. The van der Waals surface area contributed by atoms with Gasteiger partial charge in [-0.05, 0) is 12.5 Å². The van der Waals surface area contributed by atoms with Gasteiger partial charge in [0.05, 0.1) is 0 Å². The lowest BCUT2D eigenvalue weighted by Crippen LogP contribution is -2.34. The zero-order valence-electron chi connectivity index (χ0n) is 6.06.